The van der Waals surface area contributed by atoms with Crippen LogP contribution in [0.25, 0.3) is 29.7 Å². The fraction of sp³-hybridized carbons (Fsp3) is 0. The largest absolute Gasteiger partial charge is 0.437 e. The van der Waals surface area contributed by atoms with Crippen molar-refractivity contribution in [3.63, 3.8) is 0 Å². The van der Waals surface area contributed by atoms with Gasteiger partial charge in [-0.2, -0.15) is 10.1 Å². The van der Waals surface area contributed by atoms with E-state index in [-0.39, 0.29) is 0 Å². The number of nitrogens with zero attached hydrogens (tertiary/aromatic N) is 3. The molecule has 0 amide bonds. The minimum Gasteiger partial charge on any atom is -0.437 e. The maximum atomic E-state index is 4.64. The summed E-state index contributed by atoms with van der Waals surface area (Å²) in [5.41, 5.74) is 8.92. The molecule has 0 radical (unpaired) electrons. The van der Waals surface area contributed by atoms with Gasteiger partial charge in [0.15, 0.2) is 12.4 Å². The summed E-state index contributed by atoms with van der Waals surface area (Å²) in [6.45, 7) is 0. The highest BCUT2D eigenvalue weighted by Crippen LogP contribution is 2.23. The second kappa shape index (κ2) is 9.29. The summed E-state index contributed by atoms with van der Waals surface area (Å²) < 4.78 is 1.77. The zero-order valence-electron chi connectivity index (χ0n) is 16.0. The van der Waals surface area contributed by atoms with E-state index in [9.17, 15) is 0 Å². The highest BCUT2D eigenvalue weighted by molar-refractivity contribution is 5.78. The molecule has 2 aromatic carbocycles. The van der Waals surface area contributed by atoms with Crippen molar-refractivity contribution in [2.24, 2.45) is 0 Å². The predicted octanol–water partition coefficient (Wildman–Crippen LogP) is 6.18. The maximum Gasteiger partial charge on any atom is 0.182 e. The van der Waals surface area contributed by atoms with Gasteiger partial charge in [-0.05, 0) is 28.3 Å². The second-order valence-electron chi connectivity index (χ2n) is 6.53. The Labute approximate surface area is 171 Å². The molecule has 3 nitrogen and oxygen atoms in total. The lowest BCUT2D eigenvalue weighted by atomic mass is 10.1. The van der Waals surface area contributed by atoms with E-state index in [4.69, 9.17) is 0 Å². The van der Waals surface area contributed by atoms with Gasteiger partial charge in [0.05, 0.1) is 0 Å². The Hall–Kier alpha value is -3.98. The average molecular weight is 375 g/mol. The van der Waals surface area contributed by atoms with Crippen molar-refractivity contribution in [3.8, 4) is 0 Å². The Balaban J connectivity index is 1.65. The lowest BCUT2D eigenvalue weighted by molar-refractivity contribution is -0.619. The summed E-state index contributed by atoms with van der Waals surface area (Å²) in [6, 6.07) is 28.4. The van der Waals surface area contributed by atoms with Crippen molar-refractivity contribution >= 4 is 30.1 Å². The van der Waals surface area contributed by atoms with Crippen LogP contribution in [0.5, 0.6) is 0 Å². The Morgan fingerprint density at radius 2 is 1.17 bits per heavy atom. The fourth-order valence-corrected chi connectivity index (χ4v) is 2.86. The molecule has 0 atom stereocenters. The van der Waals surface area contributed by atoms with E-state index in [0.717, 1.165) is 22.3 Å². The standard InChI is InChI=1S/C26H21N3/c1-4-10-22(11-5-1)14-15-24-20-25(17-16-23-12-6-2-7-13-23)26(27-21-24)28-29-18-8-3-9-19-29/h1-21H/b15-14+,17-16+. The van der Waals surface area contributed by atoms with Crippen LogP contribution in [0, 0.1) is 0 Å². The number of rotatable bonds is 6. The Morgan fingerprint density at radius 1 is 0.621 bits per heavy atom. The molecular formula is C26H21N3. The third kappa shape index (κ3) is 5.27. The van der Waals surface area contributed by atoms with Crippen LogP contribution >= 0.6 is 0 Å². The van der Waals surface area contributed by atoms with Gasteiger partial charge in [0.1, 0.15) is 0 Å². The van der Waals surface area contributed by atoms with Crippen LogP contribution in [0.4, 0.5) is 5.82 Å². The molecule has 140 valence electrons. The molecule has 0 saturated heterocycles. The third-order valence-corrected chi connectivity index (χ3v) is 4.35. The van der Waals surface area contributed by atoms with Crippen molar-refractivity contribution < 1.29 is 4.68 Å². The van der Waals surface area contributed by atoms with Gasteiger partial charge in [-0.25, -0.2) is 0 Å². The molecule has 0 aliphatic heterocycles. The molecule has 0 aliphatic carbocycles. The number of hydrogen-bond acceptors (Lipinski definition) is 1. The Kier molecular flexibility index (Phi) is 5.89. The number of benzene rings is 2. The molecule has 3 heteroatoms. The summed E-state index contributed by atoms with van der Waals surface area (Å²) in [6.07, 6.45) is 13.9. The first-order valence-corrected chi connectivity index (χ1v) is 9.51. The number of aromatic nitrogens is 2. The SMILES string of the molecule is C(=C\c1cnc([N-][n+]2ccccc2)c(/C=C/c2ccccc2)c1)/c1ccccc1. The van der Waals surface area contributed by atoms with Crippen molar-refractivity contribution in [2.75, 3.05) is 0 Å². The zero-order valence-corrected chi connectivity index (χ0v) is 16.0. The maximum absolute atomic E-state index is 4.64. The Morgan fingerprint density at radius 3 is 1.83 bits per heavy atom. The lowest BCUT2D eigenvalue weighted by Crippen LogP contribution is -2.26. The van der Waals surface area contributed by atoms with Crippen LogP contribution in [0.3, 0.4) is 0 Å². The first-order valence-electron chi connectivity index (χ1n) is 9.51. The Bertz CT molecular complexity index is 1100. The molecule has 0 unspecified atom stereocenters. The van der Waals surface area contributed by atoms with E-state index >= 15 is 0 Å². The highest BCUT2D eigenvalue weighted by atomic mass is 15.4. The van der Waals surface area contributed by atoms with Crippen LogP contribution in [0.2, 0.25) is 0 Å². The van der Waals surface area contributed by atoms with Crippen molar-refractivity contribution in [3.05, 3.63) is 131 Å². The molecule has 29 heavy (non-hydrogen) atoms. The van der Waals surface area contributed by atoms with Gasteiger partial charge in [0, 0.05) is 18.0 Å². The van der Waals surface area contributed by atoms with Gasteiger partial charge >= 0.3 is 0 Å². The van der Waals surface area contributed by atoms with Gasteiger partial charge in [-0.1, -0.05) is 97.2 Å². The minimum atomic E-state index is 0.672. The molecule has 0 saturated carbocycles. The van der Waals surface area contributed by atoms with Crippen LogP contribution in [-0.2, 0) is 0 Å². The van der Waals surface area contributed by atoms with E-state index in [2.05, 4.69) is 65.0 Å². The molecular weight excluding hydrogens is 354 g/mol. The van der Waals surface area contributed by atoms with Crippen molar-refractivity contribution in [2.45, 2.75) is 0 Å². The van der Waals surface area contributed by atoms with Gasteiger partial charge in [0.2, 0.25) is 0 Å². The molecule has 0 spiro atoms. The van der Waals surface area contributed by atoms with Crippen LogP contribution < -0.4 is 4.68 Å². The van der Waals surface area contributed by atoms with E-state index in [1.54, 1.807) is 4.68 Å². The molecule has 2 aromatic heterocycles. The van der Waals surface area contributed by atoms with Gasteiger partial charge in [-0.15, -0.1) is 0 Å². The van der Waals surface area contributed by atoms with Gasteiger partial charge in [-0.3, -0.25) is 0 Å². The smallest absolute Gasteiger partial charge is 0.182 e. The fourth-order valence-electron chi connectivity index (χ4n) is 2.86. The highest BCUT2D eigenvalue weighted by Gasteiger charge is 2.00. The molecule has 0 N–H and O–H groups in total. The third-order valence-electron chi connectivity index (χ3n) is 4.35. The predicted molar refractivity (Wildman–Crippen MR) is 120 cm³/mol. The van der Waals surface area contributed by atoms with Gasteiger partial charge < -0.3 is 4.98 Å². The number of pyridine rings is 2. The molecule has 0 aliphatic rings. The second-order valence-corrected chi connectivity index (χ2v) is 6.53. The summed E-state index contributed by atoms with van der Waals surface area (Å²) >= 11 is 0. The minimum absolute atomic E-state index is 0.672. The summed E-state index contributed by atoms with van der Waals surface area (Å²) in [5, 5.41) is 0. The monoisotopic (exact) mass is 375 g/mol. The van der Waals surface area contributed by atoms with Crippen molar-refractivity contribution in [1.82, 2.24) is 4.98 Å². The first-order chi connectivity index (χ1) is 14.4. The summed E-state index contributed by atoms with van der Waals surface area (Å²) in [4.78, 5) is 4.61. The quantitative estimate of drug-likeness (QED) is 0.370. The molecule has 0 fully saturated rings. The molecule has 4 rings (SSSR count). The molecule has 4 aromatic rings. The van der Waals surface area contributed by atoms with E-state index < -0.39 is 0 Å². The summed E-state index contributed by atoms with van der Waals surface area (Å²) in [7, 11) is 0. The average Bonchev–Trinajstić information content (AvgIpc) is 2.79. The molecule has 0 bridgehead atoms. The number of hydrogen-bond donors (Lipinski definition) is 0. The van der Waals surface area contributed by atoms with Crippen molar-refractivity contribution in [1.29, 1.82) is 0 Å². The normalized spacial score (nSPS) is 11.2. The van der Waals surface area contributed by atoms with Crippen LogP contribution in [-0.4, -0.2) is 4.98 Å². The van der Waals surface area contributed by atoms with Gasteiger partial charge in [0.25, 0.3) is 0 Å². The lowest BCUT2D eigenvalue weighted by Gasteiger charge is -2.13. The van der Waals surface area contributed by atoms with E-state index in [1.165, 1.54) is 0 Å². The molecule has 2 heterocycles. The van der Waals surface area contributed by atoms with Crippen LogP contribution in [0.15, 0.2) is 104 Å². The van der Waals surface area contributed by atoms with Crippen LogP contribution in [0.1, 0.15) is 22.3 Å². The zero-order chi connectivity index (χ0) is 19.7. The van der Waals surface area contributed by atoms with E-state index in [1.807, 2.05) is 73.2 Å². The van der Waals surface area contributed by atoms with E-state index in [0.29, 0.717) is 5.82 Å². The summed E-state index contributed by atoms with van der Waals surface area (Å²) in [5.74, 6) is 0.672. The first kappa shape index (κ1) is 18.4. The topological polar surface area (TPSA) is 30.9 Å².